The Labute approximate surface area is 146 Å². The summed E-state index contributed by atoms with van der Waals surface area (Å²) < 4.78 is 13.5. The molecule has 0 saturated carbocycles. The van der Waals surface area contributed by atoms with Crippen LogP contribution in [0.5, 0.6) is 0 Å². The maximum absolute atomic E-state index is 13.5. The number of aromatic amines is 1. The summed E-state index contributed by atoms with van der Waals surface area (Å²) in [5, 5.41) is 5.30. The lowest BCUT2D eigenvalue weighted by atomic mass is 10.0. The average molecular weight is 343 g/mol. The van der Waals surface area contributed by atoms with Crippen molar-refractivity contribution in [2.45, 2.75) is 27.7 Å². The minimum absolute atomic E-state index is 0.191. The number of nitrogens with one attached hydrogen (secondary N) is 3. The first-order valence-corrected chi connectivity index (χ1v) is 8.16. The van der Waals surface area contributed by atoms with Crippen molar-refractivity contribution in [1.29, 1.82) is 0 Å². The minimum atomic E-state index is -0.406. The summed E-state index contributed by atoms with van der Waals surface area (Å²) in [4.78, 5) is 27.2. The summed E-state index contributed by atoms with van der Waals surface area (Å²) >= 11 is 0. The van der Waals surface area contributed by atoms with Gasteiger partial charge in [0.1, 0.15) is 5.82 Å². The quantitative estimate of drug-likeness (QED) is 0.728. The molecule has 5 nitrogen and oxygen atoms in total. The molecule has 6 heteroatoms. The molecule has 2 aromatic rings. The van der Waals surface area contributed by atoms with Gasteiger partial charge in [0.15, 0.2) is 0 Å². The van der Waals surface area contributed by atoms with E-state index in [0.717, 1.165) is 5.56 Å². The van der Waals surface area contributed by atoms with E-state index in [-0.39, 0.29) is 11.8 Å². The summed E-state index contributed by atoms with van der Waals surface area (Å²) in [5.41, 5.74) is 4.13. The molecule has 0 spiro atoms. The van der Waals surface area contributed by atoms with Crippen molar-refractivity contribution in [3.8, 4) is 0 Å². The van der Waals surface area contributed by atoms with Crippen LogP contribution in [0, 0.1) is 19.7 Å². The number of hydrogen-bond acceptors (Lipinski definition) is 2. The Morgan fingerprint density at radius 2 is 1.92 bits per heavy atom. The molecule has 0 fully saturated rings. The highest BCUT2D eigenvalue weighted by atomic mass is 19.1. The summed E-state index contributed by atoms with van der Waals surface area (Å²) in [6.07, 6.45) is 1.65. The van der Waals surface area contributed by atoms with Crippen molar-refractivity contribution in [3.05, 3.63) is 52.1 Å². The zero-order chi connectivity index (χ0) is 18.7. The lowest BCUT2D eigenvalue weighted by molar-refractivity contribution is -0.110. The van der Waals surface area contributed by atoms with Gasteiger partial charge in [-0.15, -0.1) is 0 Å². The van der Waals surface area contributed by atoms with Gasteiger partial charge in [-0.25, -0.2) is 4.39 Å². The molecule has 132 valence electrons. The monoisotopic (exact) mass is 343 g/mol. The standard InChI is InChI=1S/C17H16FN3O2.C2H6/c1-8-14(20-9(2)15(8)17(23)19-3)7-12-11-6-10(18)4-5-13(11)21-16(12)22;1-2/h4-7,20H,1-3H3,(H,19,23)(H,21,22);1-2H3/b12-7-;. The molecular weight excluding hydrogens is 321 g/mol. The molecule has 0 aliphatic carbocycles. The van der Waals surface area contributed by atoms with E-state index in [2.05, 4.69) is 15.6 Å². The van der Waals surface area contributed by atoms with E-state index in [1.54, 1.807) is 27.0 Å². The van der Waals surface area contributed by atoms with Gasteiger partial charge in [0, 0.05) is 29.7 Å². The highest BCUT2D eigenvalue weighted by Crippen LogP contribution is 2.34. The first-order valence-electron chi connectivity index (χ1n) is 8.16. The number of rotatable bonds is 2. The van der Waals surface area contributed by atoms with Crippen LogP contribution in [0.25, 0.3) is 11.6 Å². The molecule has 0 unspecified atom stereocenters. The van der Waals surface area contributed by atoms with Gasteiger partial charge in [0.25, 0.3) is 11.8 Å². The summed E-state index contributed by atoms with van der Waals surface area (Å²) in [6, 6.07) is 4.16. The fourth-order valence-corrected chi connectivity index (χ4v) is 2.83. The van der Waals surface area contributed by atoms with Crippen molar-refractivity contribution < 1.29 is 14.0 Å². The third-order valence-corrected chi connectivity index (χ3v) is 3.98. The van der Waals surface area contributed by atoms with Crippen molar-refractivity contribution in [2.24, 2.45) is 0 Å². The van der Waals surface area contributed by atoms with E-state index >= 15 is 0 Å². The van der Waals surface area contributed by atoms with Crippen molar-refractivity contribution >= 4 is 29.2 Å². The zero-order valence-electron chi connectivity index (χ0n) is 15.0. The first-order chi connectivity index (χ1) is 11.9. The molecule has 0 atom stereocenters. The molecule has 1 aromatic carbocycles. The Hall–Kier alpha value is -2.89. The van der Waals surface area contributed by atoms with Gasteiger partial charge in [-0.05, 0) is 43.7 Å². The van der Waals surface area contributed by atoms with Crippen LogP contribution in [-0.4, -0.2) is 23.8 Å². The number of halogens is 1. The van der Waals surface area contributed by atoms with Crippen molar-refractivity contribution in [1.82, 2.24) is 10.3 Å². The van der Waals surface area contributed by atoms with Crippen molar-refractivity contribution in [2.75, 3.05) is 12.4 Å². The third kappa shape index (κ3) is 3.33. The number of carbonyl (C=O) groups is 2. The number of fused-ring (bicyclic) bond motifs is 1. The number of benzene rings is 1. The molecule has 1 aliphatic rings. The number of aromatic nitrogens is 1. The lowest BCUT2D eigenvalue weighted by Crippen LogP contribution is -2.19. The molecule has 25 heavy (non-hydrogen) atoms. The van der Waals surface area contributed by atoms with Crippen LogP contribution >= 0.6 is 0 Å². The van der Waals surface area contributed by atoms with Crippen LogP contribution in [0.1, 0.15) is 46.7 Å². The van der Waals surface area contributed by atoms with E-state index < -0.39 is 5.82 Å². The molecular formula is C19H22FN3O2. The Morgan fingerprint density at radius 1 is 1.24 bits per heavy atom. The largest absolute Gasteiger partial charge is 0.358 e. The van der Waals surface area contributed by atoms with Gasteiger partial charge in [-0.2, -0.15) is 0 Å². The molecule has 0 bridgehead atoms. The smallest absolute Gasteiger partial charge is 0.256 e. The molecule has 3 rings (SSSR count). The Kier molecular flexibility index (Phi) is 5.41. The van der Waals surface area contributed by atoms with Gasteiger partial charge in [-0.3, -0.25) is 9.59 Å². The second-order valence-electron chi connectivity index (χ2n) is 5.44. The van der Waals surface area contributed by atoms with E-state index in [9.17, 15) is 14.0 Å². The molecule has 1 aromatic heterocycles. The maximum Gasteiger partial charge on any atom is 0.256 e. The Balaban J connectivity index is 0.00000109. The number of carbonyl (C=O) groups excluding carboxylic acids is 2. The third-order valence-electron chi connectivity index (χ3n) is 3.98. The molecule has 1 aliphatic heterocycles. The second-order valence-corrected chi connectivity index (χ2v) is 5.44. The highest BCUT2D eigenvalue weighted by molar-refractivity contribution is 6.34. The van der Waals surface area contributed by atoms with Crippen LogP contribution in [0.3, 0.4) is 0 Å². The van der Waals surface area contributed by atoms with Gasteiger partial charge < -0.3 is 15.6 Å². The number of aryl methyl sites for hydroxylation is 1. The molecule has 0 radical (unpaired) electrons. The number of amides is 2. The fourth-order valence-electron chi connectivity index (χ4n) is 2.83. The van der Waals surface area contributed by atoms with Crippen LogP contribution < -0.4 is 10.6 Å². The SMILES string of the molecule is CC.CNC(=O)c1c(C)[nH]c(/C=C2\C(=O)Nc3ccc(F)cc32)c1C. The summed E-state index contributed by atoms with van der Waals surface area (Å²) in [6.45, 7) is 7.60. The molecule has 2 heterocycles. The number of anilines is 1. The zero-order valence-corrected chi connectivity index (χ0v) is 15.0. The molecule has 0 saturated heterocycles. The summed E-state index contributed by atoms with van der Waals surface area (Å²) in [7, 11) is 1.57. The van der Waals surface area contributed by atoms with Crippen LogP contribution in [0.15, 0.2) is 18.2 Å². The van der Waals surface area contributed by atoms with Gasteiger partial charge in [0.05, 0.1) is 11.1 Å². The maximum atomic E-state index is 13.5. The first kappa shape index (κ1) is 18.4. The highest BCUT2D eigenvalue weighted by Gasteiger charge is 2.25. The predicted molar refractivity (Wildman–Crippen MR) is 97.9 cm³/mol. The minimum Gasteiger partial charge on any atom is -0.358 e. The van der Waals surface area contributed by atoms with Crippen molar-refractivity contribution in [3.63, 3.8) is 0 Å². The van der Waals surface area contributed by atoms with E-state index in [1.807, 2.05) is 13.8 Å². The van der Waals surface area contributed by atoms with Gasteiger partial charge in [0.2, 0.25) is 0 Å². The second kappa shape index (κ2) is 7.34. The average Bonchev–Trinajstić information content (AvgIpc) is 3.05. The Bertz CT molecular complexity index is 866. The number of H-pyrrole nitrogens is 1. The predicted octanol–water partition coefficient (Wildman–Crippen LogP) is 3.65. The summed E-state index contributed by atoms with van der Waals surface area (Å²) in [5.74, 6) is -0.890. The Morgan fingerprint density at radius 3 is 2.56 bits per heavy atom. The fraction of sp³-hybridized carbons (Fsp3) is 0.263. The topological polar surface area (TPSA) is 74.0 Å². The van der Waals surface area contributed by atoms with Gasteiger partial charge >= 0.3 is 0 Å². The lowest BCUT2D eigenvalue weighted by Gasteiger charge is -2.01. The number of hydrogen-bond donors (Lipinski definition) is 3. The molecule has 3 N–H and O–H groups in total. The van der Waals surface area contributed by atoms with E-state index in [0.29, 0.717) is 33.8 Å². The van der Waals surface area contributed by atoms with Gasteiger partial charge in [-0.1, -0.05) is 13.8 Å². The van der Waals surface area contributed by atoms with Crippen LogP contribution in [0.4, 0.5) is 10.1 Å². The normalized spacial score (nSPS) is 13.8. The van der Waals surface area contributed by atoms with E-state index in [1.165, 1.54) is 18.2 Å². The van der Waals surface area contributed by atoms with E-state index in [4.69, 9.17) is 0 Å². The molecule has 2 amide bonds. The van der Waals surface area contributed by atoms with Crippen LogP contribution in [0.2, 0.25) is 0 Å². The van der Waals surface area contributed by atoms with Crippen LogP contribution in [-0.2, 0) is 4.79 Å².